The smallest absolute Gasteiger partial charge is 0.108 e. The van der Waals surface area contributed by atoms with Crippen LogP contribution in [0.4, 0.5) is 0 Å². The monoisotopic (exact) mass is 215 g/mol. The summed E-state index contributed by atoms with van der Waals surface area (Å²) in [5.41, 5.74) is 8.05. The van der Waals surface area contributed by atoms with Crippen LogP contribution in [0.2, 0.25) is 0 Å². The highest BCUT2D eigenvalue weighted by Gasteiger charge is 2.02. The lowest BCUT2D eigenvalue weighted by molar-refractivity contribution is 0.474. The van der Waals surface area contributed by atoms with Crippen molar-refractivity contribution in [3.63, 3.8) is 0 Å². The van der Waals surface area contributed by atoms with Crippen LogP contribution in [0.15, 0.2) is 40.8 Å². The average molecular weight is 215 g/mol. The molecule has 1 aromatic carbocycles. The lowest BCUT2D eigenvalue weighted by atomic mass is 10.1. The van der Waals surface area contributed by atoms with Gasteiger partial charge < -0.3 is 10.2 Å². The molecule has 1 aromatic heterocycles. The summed E-state index contributed by atoms with van der Waals surface area (Å²) in [5.74, 6) is 1.99. The highest BCUT2D eigenvalue weighted by atomic mass is 16.3. The third kappa shape index (κ3) is 2.74. The van der Waals surface area contributed by atoms with Gasteiger partial charge in [0, 0.05) is 12.8 Å². The Kier molecular flexibility index (Phi) is 3.42. The maximum Gasteiger partial charge on any atom is 0.108 e. The maximum absolute atomic E-state index is 5.69. The summed E-state index contributed by atoms with van der Waals surface area (Å²) in [7, 11) is 0. The highest BCUT2D eigenvalue weighted by Crippen LogP contribution is 2.14. The number of furan rings is 1. The fraction of sp³-hybridized carbons (Fsp3) is 0.286. The van der Waals surface area contributed by atoms with Crippen molar-refractivity contribution in [3.8, 4) is 0 Å². The van der Waals surface area contributed by atoms with Crippen molar-refractivity contribution < 1.29 is 4.42 Å². The van der Waals surface area contributed by atoms with Gasteiger partial charge in [-0.05, 0) is 31.2 Å². The summed E-state index contributed by atoms with van der Waals surface area (Å²) < 4.78 is 5.69. The zero-order valence-corrected chi connectivity index (χ0v) is 9.57. The first-order chi connectivity index (χ1) is 7.78. The van der Waals surface area contributed by atoms with E-state index in [0.717, 1.165) is 24.4 Å². The van der Waals surface area contributed by atoms with Crippen molar-refractivity contribution >= 4 is 0 Å². The minimum absolute atomic E-state index is 0.636. The molecule has 0 saturated heterocycles. The topological polar surface area (TPSA) is 39.2 Å². The van der Waals surface area contributed by atoms with Gasteiger partial charge >= 0.3 is 0 Å². The Labute approximate surface area is 96.1 Å². The first-order valence-electron chi connectivity index (χ1n) is 5.61. The quantitative estimate of drug-likeness (QED) is 0.851. The molecule has 0 aliphatic carbocycles. The van der Waals surface area contributed by atoms with Crippen LogP contribution in [-0.2, 0) is 12.8 Å². The Balaban J connectivity index is 2.08. The molecule has 2 N–H and O–H groups in total. The largest absolute Gasteiger partial charge is 0.466 e. The van der Waals surface area contributed by atoms with E-state index in [2.05, 4.69) is 31.2 Å². The molecule has 0 saturated carbocycles. The molecule has 0 aliphatic rings. The van der Waals surface area contributed by atoms with Crippen LogP contribution < -0.4 is 5.73 Å². The number of hydrogen-bond donors (Lipinski definition) is 1. The third-order valence-corrected chi connectivity index (χ3v) is 2.57. The van der Waals surface area contributed by atoms with Gasteiger partial charge in [0.2, 0.25) is 0 Å². The molecule has 2 rings (SSSR count). The second-order valence-electron chi connectivity index (χ2n) is 4.07. The highest BCUT2D eigenvalue weighted by molar-refractivity contribution is 5.26. The first-order valence-corrected chi connectivity index (χ1v) is 5.61. The lowest BCUT2D eigenvalue weighted by Gasteiger charge is -2.00. The molecule has 0 fully saturated rings. The Morgan fingerprint density at radius 3 is 2.69 bits per heavy atom. The van der Waals surface area contributed by atoms with Gasteiger partial charge in [-0.25, -0.2) is 0 Å². The molecular formula is C14H17NO. The Hall–Kier alpha value is -1.54. The molecule has 0 radical (unpaired) electrons. The van der Waals surface area contributed by atoms with Gasteiger partial charge in [-0.2, -0.15) is 0 Å². The predicted octanol–water partition coefficient (Wildman–Crippen LogP) is 2.68. The SMILES string of the molecule is Cc1cccc(Cc2ccc(CCN)o2)c1. The van der Waals surface area contributed by atoms with Crippen molar-refractivity contribution in [2.75, 3.05) is 6.54 Å². The molecule has 84 valence electrons. The molecule has 2 heteroatoms. The van der Waals surface area contributed by atoms with Gasteiger partial charge in [0.05, 0.1) is 0 Å². The van der Waals surface area contributed by atoms with Crippen LogP contribution in [0, 0.1) is 6.92 Å². The van der Waals surface area contributed by atoms with Gasteiger partial charge in [0.1, 0.15) is 11.5 Å². The van der Waals surface area contributed by atoms with Crippen LogP contribution in [0.5, 0.6) is 0 Å². The minimum Gasteiger partial charge on any atom is -0.466 e. The molecule has 2 aromatic rings. The van der Waals surface area contributed by atoms with Gasteiger partial charge in [0.25, 0.3) is 0 Å². The summed E-state index contributed by atoms with van der Waals surface area (Å²) >= 11 is 0. The molecule has 0 spiro atoms. The van der Waals surface area contributed by atoms with Gasteiger partial charge in [-0.1, -0.05) is 29.8 Å². The van der Waals surface area contributed by atoms with Crippen molar-refractivity contribution in [2.45, 2.75) is 19.8 Å². The third-order valence-electron chi connectivity index (χ3n) is 2.57. The van der Waals surface area contributed by atoms with E-state index in [-0.39, 0.29) is 0 Å². The summed E-state index contributed by atoms with van der Waals surface area (Å²) in [6.45, 7) is 2.74. The van der Waals surface area contributed by atoms with Crippen molar-refractivity contribution in [3.05, 3.63) is 59.0 Å². The van der Waals surface area contributed by atoms with E-state index in [9.17, 15) is 0 Å². The van der Waals surface area contributed by atoms with E-state index in [1.54, 1.807) is 0 Å². The van der Waals surface area contributed by atoms with Crippen molar-refractivity contribution in [2.24, 2.45) is 5.73 Å². The zero-order chi connectivity index (χ0) is 11.4. The van der Waals surface area contributed by atoms with Gasteiger partial charge in [-0.15, -0.1) is 0 Å². The number of benzene rings is 1. The standard InChI is InChI=1S/C14H17NO/c1-11-3-2-4-12(9-11)10-14-6-5-13(16-14)7-8-15/h2-6,9H,7-8,10,15H2,1H3. The fourth-order valence-electron chi connectivity index (χ4n) is 1.82. The summed E-state index contributed by atoms with van der Waals surface area (Å²) in [4.78, 5) is 0. The van der Waals surface area contributed by atoms with E-state index < -0.39 is 0 Å². The zero-order valence-electron chi connectivity index (χ0n) is 9.57. The molecule has 0 atom stereocenters. The second kappa shape index (κ2) is 4.99. The molecular weight excluding hydrogens is 198 g/mol. The van der Waals surface area contributed by atoms with E-state index in [1.807, 2.05) is 12.1 Å². The van der Waals surface area contributed by atoms with Gasteiger partial charge in [-0.3, -0.25) is 0 Å². The van der Waals surface area contributed by atoms with Crippen LogP contribution in [-0.4, -0.2) is 6.54 Å². The molecule has 0 amide bonds. The number of aryl methyl sites for hydroxylation is 1. The molecule has 16 heavy (non-hydrogen) atoms. The van der Waals surface area contributed by atoms with Crippen LogP contribution in [0.3, 0.4) is 0 Å². The summed E-state index contributed by atoms with van der Waals surface area (Å²) in [6, 6.07) is 12.5. The summed E-state index contributed by atoms with van der Waals surface area (Å²) in [5, 5.41) is 0. The lowest BCUT2D eigenvalue weighted by Crippen LogP contribution is -2.01. The normalized spacial score (nSPS) is 10.6. The van der Waals surface area contributed by atoms with E-state index in [4.69, 9.17) is 10.2 Å². The maximum atomic E-state index is 5.69. The van der Waals surface area contributed by atoms with E-state index in [0.29, 0.717) is 6.54 Å². The minimum atomic E-state index is 0.636. The Morgan fingerprint density at radius 1 is 1.12 bits per heavy atom. The van der Waals surface area contributed by atoms with Crippen molar-refractivity contribution in [1.29, 1.82) is 0 Å². The molecule has 0 unspecified atom stereocenters. The number of hydrogen-bond acceptors (Lipinski definition) is 2. The second-order valence-corrected chi connectivity index (χ2v) is 4.07. The Bertz CT molecular complexity index is 459. The average Bonchev–Trinajstić information content (AvgIpc) is 2.66. The van der Waals surface area contributed by atoms with E-state index >= 15 is 0 Å². The van der Waals surface area contributed by atoms with Crippen LogP contribution >= 0.6 is 0 Å². The predicted molar refractivity (Wildman–Crippen MR) is 65.5 cm³/mol. The van der Waals surface area contributed by atoms with Crippen molar-refractivity contribution in [1.82, 2.24) is 0 Å². The molecule has 1 heterocycles. The van der Waals surface area contributed by atoms with Gasteiger partial charge in [0.15, 0.2) is 0 Å². The van der Waals surface area contributed by atoms with E-state index in [1.165, 1.54) is 11.1 Å². The molecule has 2 nitrogen and oxygen atoms in total. The first kappa shape index (κ1) is 11.0. The number of rotatable bonds is 4. The molecule has 0 aliphatic heterocycles. The van der Waals surface area contributed by atoms with Crippen LogP contribution in [0.1, 0.15) is 22.6 Å². The summed E-state index contributed by atoms with van der Waals surface area (Å²) in [6.07, 6.45) is 1.67. The number of nitrogens with two attached hydrogens (primary N) is 1. The Morgan fingerprint density at radius 2 is 1.94 bits per heavy atom. The van der Waals surface area contributed by atoms with Crippen LogP contribution in [0.25, 0.3) is 0 Å². The molecule has 0 bridgehead atoms. The fourth-order valence-corrected chi connectivity index (χ4v) is 1.82.